The third kappa shape index (κ3) is 7.26. The molecule has 9 nitrogen and oxygen atoms in total. The Kier molecular flexibility index (Phi) is 11.3. The molecule has 0 unspecified atom stereocenters. The molecule has 10 heteroatoms. The molecule has 1 aliphatic heterocycles. The molecule has 3 aliphatic rings. The van der Waals surface area contributed by atoms with E-state index in [1.165, 1.54) is 41.1 Å². The average Bonchev–Trinajstić information content (AvgIpc) is 3.82. The fraction of sp³-hybridized carbons (Fsp3) is 0.452. The van der Waals surface area contributed by atoms with Crippen molar-refractivity contribution in [2.45, 2.75) is 75.7 Å². The molecule has 7 rings (SSSR count). The van der Waals surface area contributed by atoms with Gasteiger partial charge in [0, 0.05) is 29.8 Å². The second-order valence-electron chi connectivity index (χ2n) is 14.6. The Morgan fingerprint density at radius 3 is 2.44 bits per heavy atom. The molecular weight excluding hydrogens is 847 g/mol. The van der Waals surface area contributed by atoms with Gasteiger partial charge in [0.2, 0.25) is 0 Å². The summed E-state index contributed by atoms with van der Waals surface area (Å²) < 4.78 is 1.12. The van der Waals surface area contributed by atoms with Crippen molar-refractivity contribution >= 4 is 59.2 Å². The number of aliphatic hydroxyl groups excluding tert-OH is 1. The van der Waals surface area contributed by atoms with Crippen molar-refractivity contribution in [3.8, 4) is 22.4 Å². The number of hydrogen-bond acceptors (Lipinski definition) is 7. The quantitative estimate of drug-likeness (QED) is 0.0953. The molecule has 0 spiro atoms. The molecule has 3 atom stereocenters. The van der Waals surface area contributed by atoms with E-state index in [0.717, 1.165) is 101 Å². The molecule has 1 saturated carbocycles. The third-order valence-corrected chi connectivity index (χ3v) is 12.5. The Hall–Kier alpha value is -3.73. The van der Waals surface area contributed by atoms with E-state index in [1.807, 2.05) is 24.3 Å². The number of carbonyl (C=O) groups is 3. The van der Waals surface area contributed by atoms with Crippen molar-refractivity contribution in [2.24, 2.45) is 17.8 Å². The van der Waals surface area contributed by atoms with E-state index in [2.05, 4.69) is 53.8 Å². The summed E-state index contributed by atoms with van der Waals surface area (Å²) in [5.74, 6) is 0.874. The minimum atomic E-state index is -0.347. The second-order valence-corrected chi connectivity index (χ2v) is 16.2. The molecule has 52 heavy (non-hydrogen) atoms. The van der Waals surface area contributed by atoms with Gasteiger partial charge in [0.25, 0.3) is 0 Å². The number of nitrogens with one attached hydrogen (secondary N) is 2. The van der Waals surface area contributed by atoms with Crippen LogP contribution < -0.4 is 10.6 Å². The number of unbranched alkanes of at least 4 members (excludes halogenated alkanes) is 2. The number of imide groups is 1. The molecule has 4 aromatic rings. The van der Waals surface area contributed by atoms with Crippen LogP contribution in [0.1, 0.15) is 89.4 Å². The first kappa shape index (κ1) is 36.6. The van der Waals surface area contributed by atoms with E-state index in [-0.39, 0.29) is 37.4 Å². The topological polar surface area (TPSA) is 125 Å². The van der Waals surface area contributed by atoms with Crippen LogP contribution in [0.3, 0.4) is 0 Å². The van der Waals surface area contributed by atoms with Gasteiger partial charge in [0.1, 0.15) is 0 Å². The average molecular weight is 896 g/mol. The maximum atomic E-state index is 14.2. The molecule has 3 N–H and O–H groups in total. The molecule has 1 fully saturated rings. The molecule has 3 amide bonds. The third-order valence-electron chi connectivity index (χ3n) is 11.4. The zero-order valence-corrected chi connectivity index (χ0v) is 33.3. The number of nitrogens with zero attached hydrogens (tertiary/aromatic N) is 3. The Bertz CT molecular complexity index is 2010. The van der Waals surface area contributed by atoms with Crippen LogP contribution in [0.25, 0.3) is 33.2 Å². The predicted octanol–water partition coefficient (Wildman–Crippen LogP) is 6.69. The Balaban J connectivity index is 1.24. The summed E-state index contributed by atoms with van der Waals surface area (Å²) in [4.78, 5) is 41.7. The number of aromatic nitrogens is 2. The molecule has 2 aliphatic carbocycles. The van der Waals surface area contributed by atoms with E-state index in [1.54, 1.807) is 0 Å². The molecular formula is C42H48N5O4Po. The van der Waals surface area contributed by atoms with Gasteiger partial charge in [-0.15, -0.1) is 5.10 Å². The van der Waals surface area contributed by atoms with Crippen molar-refractivity contribution in [3.05, 3.63) is 76.5 Å². The van der Waals surface area contributed by atoms with Crippen molar-refractivity contribution in [2.75, 3.05) is 31.6 Å². The fourth-order valence-corrected chi connectivity index (χ4v) is 9.27. The van der Waals surface area contributed by atoms with E-state index in [9.17, 15) is 19.5 Å². The second kappa shape index (κ2) is 16.1. The van der Waals surface area contributed by atoms with Crippen LogP contribution in [0.15, 0.2) is 48.5 Å². The van der Waals surface area contributed by atoms with E-state index in [0.29, 0.717) is 40.7 Å². The Morgan fingerprint density at radius 2 is 1.67 bits per heavy atom. The summed E-state index contributed by atoms with van der Waals surface area (Å²) in [5, 5.41) is 27.3. The number of benzene rings is 3. The van der Waals surface area contributed by atoms with Gasteiger partial charge in [-0.2, -0.15) is 5.10 Å². The first-order valence-corrected chi connectivity index (χ1v) is 21.2. The van der Waals surface area contributed by atoms with Crippen LogP contribution in [-0.2, 0) is 17.6 Å². The monoisotopic (exact) mass is 895 g/mol. The van der Waals surface area contributed by atoms with Gasteiger partial charge in [0.05, 0.1) is 11.4 Å². The van der Waals surface area contributed by atoms with Crippen molar-refractivity contribution in [1.29, 1.82) is 0 Å². The number of anilines is 1. The number of carbonyl (C=O) groups excluding carboxylic acids is 3. The zero-order chi connectivity index (χ0) is 36.4. The van der Waals surface area contributed by atoms with Gasteiger partial charge < -0.3 is 10.4 Å². The minimum absolute atomic E-state index is 0.0513. The van der Waals surface area contributed by atoms with Crippen LogP contribution in [0.5, 0.6) is 0 Å². The molecule has 1 radical (unpaired) electrons. The van der Waals surface area contributed by atoms with E-state index >= 15 is 0 Å². The molecule has 271 valence electrons. The van der Waals surface area contributed by atoms with Crippen LogP contribution in [-0.4, -0.2) is 89.2 Å². The number of aryl methyl sites for hydroxylation is 1. The normalized spacial score (nSPS) is 19.2. The standard InChI is InChI=1S/C42H48N5O4.Po/c1-4-6-11-38(49)44-19-20-47-41(50)33-16-17-37(43-18-7-5-2)34-22-28(23-35(39(33)34)42(47)51)26-9-8-10-27(21-26)40-32-15-14-31-30(36(31)24-48)13-12-29(32)25(3)45-46-40;/h8-10,16-17,21-23,30-31,36,43,48H,1,4-7,11-15,18-20,24H2,2-3H3,(H,44,49);/t30-,31+,36-;/m0./s1. The zero-order valence-electron chi connectivity index (χ0n) is 30.2. The number of rotatable bonds is 14. The van der Waals surface area contributed by atoms with Gasteiger partial charge in [-0.05, 0) is 97.2 Å². The van der Waals surface area contributed by atoms with E-state index in [4.69, 9.17) is 5.10 Å². The summed E-state index contributed by atoms with van der Waals surface area (Å²) in [5.41, 5.74) is 9.12. The van der Waals surface area contributed by atoms with Gasteiger partial charge >= 0.3 is 132 Å². The Labute approximate surface area is 321 Å². The first-order valence-electron chi connectivity index (χ1n) is 19.0. The van der Waals surface area contributed by atoms with Crippen LogP contribution in [0.4, 0.5) is 5.69 Å². The van der Waals surface area contributed by atoms with Crippen LogP contribution in [0, 0.1) is 24.7 Å². The van der Waals surface area contributed by atoms with Crippen LogP contribution >= 0.6 is 0 Å². The SMILES string of the molecule is CCCCNc1ccc2c3c(cc(-c4cccc(-c5nnc(C)c6c5CC[C@H]5[C@@H](CO)[C@H]5CC6)c4)cc13)C(=O)N(CCNC(=O)CCC[CH2][Po])C2=O. The van der Waals surface area contributed by atoms with Gasteiger partial charge in [-0.3, -0.25) is 0 Å². The fourth-order valence-electron chi connectivity index (χ4n) is 8.48. The summed E-state index contributed by atoms with van der Waals surface area (Å²) in [7, 11) is 0. The summed E-state index contributed by atoms with van der Waals surface area (Å²) >= 11 is 1.52. The summed E-state index contributed by atoms with van der Waals surface area (Å²) in [6.45, 7) is 5.58. The number of hydrogen-bond donors (Lipinski definition) is 3. The summed E-state index contributed by atoms with van der Waals surface area (Å²) in [6.07, 6.45) is 8.35. The van der Waals surface area contributed by atoms with Gasteiger partial charge in [-0.1, -0.05) is 31.5 Å². The Morgan fingerprint density at radius 1 is 0.904 bits per heavy atom. The maximum absolute atomic E-state index is 14.2. The molecule has 0 bridgehead atoms. The van der Waals surface area contributed by atoms with Crippen LogP contribution in [0.2, 0.25) is 4.08 Å². The van der Waals surface area contributed by atoms with Gasteiger partial charge in [0.15, 0.2) is 0 Å². The van der Waals surface area contributed by atoms with Crippen molar-refractivity contribution in [1.82, 2.24) is 20.4 Å². The van der Waals surface area contributed by atoms with E-state index < -0.39 is 0 Å². The molecule has 3 aromatic carbocycles. The van der Waals surface area contributed by atoms with Crippen molar-refractivity contribution in [3.63, 3.8) is 0 Å². The number of aliphatic hydroxyl groups is 1. The number of amides is 3. The predicted molar refractivity (Wildman–Crippen MR) is 206 cm³/mol. The summed E-state index contributed by atoms with van der Waals surface area (Å²) in [6, 6.07) is 16.1. The number of fused-ring (bicyclic) bond motifs is 2. The van der Waals surface area contributed by atoms with Gasteiger partial charge in [-0.25, -0.2) is 0 Å². The molecule has 0 saturated heterocycles. The molecule has 1 aromatic heterocycles. The first-order chi connectivity index (χ1) is 25.3. The molecule has 2 heterocycles. The van der Waals surface area contributed by atoms with Crippen molar-refractivity contribution < 1.29 is 19.5 Å².